The Morgan fingerprint density at radius 3 is 2.38 bits per heavy atom. The van der Waals surface area contributed by atoms with E-state index in [1.54, 1.807) is 0 Å². The van der Waals surface area contributed by atoms with Crippen LogP contribution in [-0.2, 0) is 4.79 Å². The van der Waals surface area contributed by atoms with Gasteiger partial charge in [-0.2, -0.15) is 0 Å². The zero-order valence-electron chi connectivity index (χ0n) is 10.4. The number of hydrogen-bond acceptors (Lipinski definition) is 2. The van der Waals surface area contributed by atoms with E-state index in [9.17, 15) is 9.90 Å². The summed E-state index contributed by atoms with van der Waals surface area (Å²) in [5.41, 5.74) is -0.558. The van der Waals surface area contributed by atoms with Crippen LogP contribution in [0.2, 0.25) is 0 Å². The van der Waals surface area contributed by atoms with Crippen LogP contribution in [0.4, 0.5) is 0 Å². The molecule has 0 bridgehead atoms. The van der Waals surface area contributed by atoms with Gasteiger partial charge in [0.05, 0.1) is 5.41 Å². The van der Waals surface area contributed by atoms with Crippen molar-refractivity contribution in [1.82, 2.24) is 4.90 Å². The van der Waals surface area contributed by atoms with E-state index < -0.39 is 11.4 Å². The molecule has 3 heteroatoms. The Kier molecular flexibility index (Phi) is 3.24. The van der Waals surface area contributed by atoms with Crippen molar-refractivity contribution in [2.75, 3.05) is 13.1 Å². The number of carboxylic acid groups (broad SMARTS) is 1. The molecule has 1 N–H and O–H groups in total. The van der Waals surface area contributed by atoms with Crippen LogP contribution in [0.15, 0.2) is 0 Å². The van der Waals surface area contributed by atoms with Gasteiger partial charge in [-0.1, -0.05) is 6.92 Å². The zero-order valence-corrected chi connectivity index (χ0v) is 10.4. The van der Waals surface area contributed by atoms with Crippen LogP contribution in [0.3, 0.4) is 0 Å². The minimum absolute atomic E-state index is 0.558. The molecule has 16 heavy (non-hydrogen) atoms. The van der Waals surface area contributed by atoms with E-state index in [4.69, 9.17) is 0 Å². The van der Waals surface area contributed by atoms with Crippen LogP contribution in [0.1, 0.15) is 46.0 Å². The summed E-state index contributed by atoms with van der Waals surface area (Å²) in [5.74, 6) is 0.215. The largest absolute Gasteiger partial charge is 0.481 e. The lowest BCUT2D eigenvalue weighted by Crippen LogP contribution is -2.42. The monoisotopic (exact) mass is 225 g/mol. The van der Waals surface area contributed by atoms with Crippen molar-refractivity contribution >= 4 is 5.97 Å². The maximum atomic E-state index is 11.3. The smallest absolute Gasteiger partial charge is 0.310 e. The van der Waals surface area contributed by atoms with Crippen molar-refractivity contribution in [3.8, 4) is 0 Å². The van der Waals surface area contributed by atoms with Crippen LogP contribution < -0.4 is 0 Å². The second-order valence-corrected chi connectivity index (χ2v) is 5.82. The highest BCUT2D eigenvalue weighted by molar-refractivity contribution is 5.74. The molecule has 1 atom stereocenters. The third-order valence-electron chi connectivity index (χ3n) is 4.10. The van der Waals surface area contributed by atoms with Crippen LogP contribution in [0, 0.1) is 11.3 Å². The average molecular weight is 225 g/mol. The minimum Gasteiger partial charge on any atom is -0.481 e. The summed E-state index contributed by atoms with van der Waals surface area (Å²) in [6, 6.07) is 0.686. The van der Waals surface area contributed by atoms with E-state index in [0.29, 0.717) is 6.04 Å². The van der Waals surface area contributed by atoms with Crippen molar-refractivity contribution < 1.29 is 9.90 Å². The summed E-state index contributed by atoms with van der Waals surface area (Å²) >= 11 is 0. The Labute approximate surface area is 97.8 Å². The third-order valence-corrected chi connectivity index (χ3v) is 4.10. The summed E-state index contributed by atoms with van der Waals surface area (Å²) < 4.78 is 0. The molecule has 92 valence electrons. The van der Waals surface area contributed by atoms with E-state index in [2.05, 4.69) is 4.90 Å². The van der Waals surface area contributed by atoms with Gasteiger partial charge in [0, 0.05) is 19.1 Å². The molecule has 0 aliphatic heterocycles. The molecule has 2 aliphatic carbocycles. The fourth-order valence-corrected chi connectivity index (χ4v) is 2.19. The number of hydrogen-bond donors (Lipinski definition) is 1. The zero-order chi connectivity index (χ0) is 11.8. The van der Waals surface area contributed by atoms with E-state index in [1.807, 2.05) is 13.8 Å². The molecule has 0 aromatic heterocycles. The SMILES string of the molecule is CCC(C)(CN(CC1CC1)C1CC1)C(=O)O. The van der Waals surface area contributed by atoms with Crippen molar-refractivity contribution in [2.45, 2.75) is 52.0 Å². The van der Waals surface area contributed by atoms with Crippen molar-refractivity contribution in [1.29, 1.82) is 0 Å². The Morgan fingerprint density at radius 1 is 1.38 bits per heavy atom. The fraction of sp³-hybridized carbons (Fsp3) is 0.923. The molecular formula is C13H23NO2. The lowest BCUT2D eigenvalue weighted by atomic mass is 9.87. The predicted molar refractivity (Wildman–Crippen MR) is 63.4 cm³/mol. The molecule has 2 aliphatic rings. The van der Waals surface area contributed by atoms with Crippen LogP contribution in [0.5, 0.6) is 0 Å². The number of carbonyl (C=O) groups is 1. The van der Waals surface area contributed by atoms with Gasteiger partial charge in [-0.15, -0.1) is 0 Å². The second kappa shape index (κ2) is 4.36. The van der Waals surface area contributed by atoms with E-state index in [-0.39, 0.29) is 0 Å². The fourth-order valence-electron chi connectivity index (χ4n) is 2.19. The summed E-state index contributed by atoms with van der Waals surface area (Å²) in [6.45, 7) is 5.74. The van der Waals surface area contributed by atoms with Gasteiger partial charge in [0.1, 0.15) is 0 Å². The molecule has 0 aromatic carbocycles. The highest BCUT2D eigenvalue weighted by Gasteiger charge is 2.40. The molecule has 0 radical (unpaired) electrons. The Morgan fingerprint density at radius 2 is 2.00 bits per heavy atom. The number of carboxylic acids is 1. The first-order valence-corrected chi connectivity index (χ1v) is 6.52. The summed E-state index contributed by atoms with van der Waals surface area (Å²) in [5, 5.41) is 9.31. The molecule has 3 nitrogen and oxygen atoms in total. The van der Waals surface area contributed by atoms with E-state index >= 15 is 0 Å². The Bertz CT molecular complexity index is 271. The predicted octanol–water partition coefficient (Wildman–Crippen LogP) is 2.36. The first-order chi connectivity index (χ1) is 7.55. The van der Waals surface area contributed by atoms with Gasteiger partial charge in [0.2, 0.25) is 0 Å². The first-order valence-electron chi connectivity index (χ1n) is 6.52. The van der Waals surface area contributed by atoms with Crippen LogP contribution in [-0.4, -0.2) is 35.1 Å². The van der Waals surface area contributed by atoms with Gasteiger partial charge in [-0.05, 0) is 44.9 Å². The standard InChI is InChI=1S/C13H23NO2/c1-3-13(2,12(15)16)9-14(11-6-7-11)8-10-4-5-10/h10-11H,3-9H2,1-2H3,(H,15,16). The molecule has 0 aromatic rings. The van der Waals surface area contributed by atoms with Crippen molar-refractivity contribution in [2.24, 2.45) is 11.3 Å². The first kappa shape index (κ1) is 11.9. The third kappa shape index (κ3) is 2.76. The van der Waals surface area contributed by atoms with Gasteiger partial charge in [0.15, 0.2) is 0 Å². The quantitative estimate of drug-likeness (QED) is 0.723. The molecule has 1 unspecified atom stereocenters. The number of nitrogens with zero attached hydrogens (tertiary/aromatic N) is 1. The lowest BCUT2D eigenvalue weighted by molar-refractivity contribution is -0.149. The normalized spacial score (nSPS) is 24.4. The summed E-state index contributed by atoms with van der Waals surface area (Å²) in [4.78, 5) is 13.7. The maximum absolute atomic E-state index is 11.3. The summed E-state index contributed by atoms with van der Waals surface area (Å²) in [6.07, 6.45) is 5.95. The minimum atomic E-state index is -0.642. The Balaban J connectivity index is 1.94. The van der Waals surface area contributed by atoms with Gasteiger partial charge in [-0.3, -0.25) is 9.69 Å². The lowest BCUT2D eigenvalue weighted by Gasteiger charge is -2.31. The Hall–Kier alpha value is -0.570. The van der Waals surface area contributed by atoms with Gasteiger partial charge >= 0.3 is 5.97 Å². The molecule has 2 fully saturated rings. The van der Waals surface area contributed by atoms with E-state index in [1.165, 1.54) is 25.7 Å². The van der Waals surface area contributed by atoms with Crippen molar-refractivity contribution in [3.05, 3.63) is 0 Å². The van der Waals surface area contributed by atoms with Crippen LogP contribution in [0.25, 0.3) is 0 Å². The second-order valence-electron chi connectivity index (χ2n) is 5.82. The molecule has 2 saturated carbocycles. The summed E-state index contributed by atoms with van der Waals surface area (Å²) in [7, 11) is 0. The molecule has 0 saturated heterocycles. The maximum Gasteiger partial charge on any atom is 0.310 e. The average Bonchev–Trinajstić information content (AvgIpc) is 3.08. The molecule has 0 spiro atoms. The van der Waals surface area contributed by atoms with E-state index in [0.717, 1.165) is 25.4 Å². The van der Waals surface area contributed by atoms with Gasteiger partial charge in [0.25, 0.3) is 0 Å². The van der Waals surface area contributed by atoms with Crippen molar-refractivity contribution in [3.63, 3.8) is 0 Å². The topological polar surface area (TPSA) is 40.5 Å². The molecule has 2 rings (SSSR count). The highest BCUT2D eigenvalue weighted by atomic mass is 16.4. The molecule has 0 amide bonds. The number of rotatable bonds is 7. The van der Waals surface area contributed by atoms with Crippen LogP contribution >= 0.6 is 0 Å². The highest BCUT2D eigenvalue weighted by Crippen LogP contribution is 2.37. The number of aliphatic carboxylic acids is 1. The molecular weight excluding hydrogens is 202 g/mol. The molecule has 0 heterocycles. The van der Waals surface area contributed by atoms with Gasteiger partial charge in [-0.25, -0.2) is 0 Å². The van der Waals surface area contributed by atoms with Gasteiger partial charge < -0.3 is 5.11 Å².